The molecule has 0 unspecified atom stereocenters. The van der Waals surface area contributed by atoms with Gasteiger partial charge in [0, 0.05) is 25.6 Å². The van der Waals surface area contributed by atoms with Crippen molar-refractivity contribution in [1.29, 1.82) is 0 Å². The number of amides is 1. The summed E-state index contributed by atoms with van der Waals surface area (Å²) in [5.41, 5.74) is 7.26. The zero-order valence-electron chi connectivity index (χ0n) is 10.3. The van der Waals surface area contributed by atoms with Gasteiger partial charge in [-0.05, 0) is 18.1 Å². The van der Waals surface area contributed by atoms with Crippen LogP contribution in [0.3, 0.4) is 0 Å². The average Bonchev–Trinajstić information content (AvgIpc) is 2.34. The van der Waals surface area contributed by atoms with Crippen molar-refractivity contribution >= 4 is 23.1 Å². The van der Waals surface area contributed by atoms with E-state index in [4.69, 9.17) is 18.0 Å². The number of carbonyl (C=O) groups excluding carboxylic acids is 1. The molecule has 0 saturated carbocycles. The van der Waals surface area contributed by atoms with Crippen LogP contribution in [0.25, 0.3) is 0 Å². The molecule has 92 valence electrons. The van der Waals surface area contributed by atoms with Crippen LogP contribution in [0, 0.1) is 0 Å². The van der Waals surface area contributed by atoms with Crippen LogP contribution in [-0.2, 0) is 6.42 Å². The third-order valence-corrected chi connectivity index (χ3v) is 2.87. The first-order valence-corrected chi connectivity index (χ1v) is 6.08. The fraction of sp³-hybridized carbons (Fsp3) is 0.385. The summed E-state index contributed by atoms with van der Waals surface area (Å²) in [7, 11) is 1.77. The Labute approximate surface area is 108 Å². The molecule has 0 bridgehead atoms. The zero-order chi connectivity index (χ0) is 12.8. The van der Waals surface area contributed by atoms with Crippen LogP contribution in [-0.4, -0.2) is 29.4 Å². The van der Waals surface area contributed by atoms with Crippen LogP contribution in [0.5, 0.6) is 0 Å². The van der Waals surface area contributed by atoms with Crippen molar-refractivity contribution < 1.29 is 4.79 Å². The normalized spacial score (nSPS) is 10.0. The number of hydrogen-bond acceptors (Lipinski definition) is 2. The summed E-state index contributed by atoms with van der Waals surface area (Å²) in [6, 6.07) is 7.67. The molecule has 0 spiro atoms. The zero-order valence-corrected chi connectivity index (χ0v) is 11.1. The molecule has 1 amide bonds. The highest BCUT2D eigenvalue weighted by atomic mass is 32.1. The van der Waals surface area contributed by atoms with Gasteiger partial charge < -0.3 is 10.6 Å². The molecule has 0 radical (unpaired) electrons. The molecule has 1 aromatic rings. The van der Waals surface area contributed by atoms with Crippen LogP contribution >= 0.6 is 12.2 Å². The lowest BCUT2D eigenvalue weighted by Gasteiger charge is -2.18. The second-order valence-corrected chi connectivity index (χ2v) is 4.48. The molecule has 1 rings (SSSR count). The van der Waals surface area contributed by atoms with E-state index in [-0.39, 0.29) is 5.91 Å². The van der Waals surface area contributed by atoms with E-state index in [0.29, 0.717) is 18.0 Å². The molecule has 3 nitrogen and oxygen atoms in total. The van der Waals surface area contributed by atoms with Gasteiger partial charge in [0.25, 0.3) is 5.91 Å². The summed E-state index contributed by atoms with van der Waals surface area (Å²) in [5.74, 6) is 0.0266. The number of thiocarbonyl (C=S) groups is 1. The van der Waals surface area contributed by atoms with Crippen molar-refractivity contribution in [1.82, 2.24) is 4.90 Å². The van der Waals surface area contributed by atoms with E-state index in [1.54, 1.807) is 11.9 Å². The number of nitrogens with zero attached hydrogens (tertiary/aromatic N) is 1. The molecule has 0 aliphatic carbocycles. The quantitative estimate of drug-likeness (QED) is 0.813. The third-order valence-electron chi connectivity index (χ3n) is 2.67. The molecule has 0 fully saturated rings. The number of benzene rings is 1. The maximum Gasteiger partial charge on any atom is 0.253 e. The van der Waals surface area contributed by atoms with Gasteiger partial charge in [0.15, 0.2) is 0 Å². The van der Waals surface area contributed by atoms with Crippen LogP contribution in [0.15, 0.2) is 24.3 Å². The maximum atomic E-state index is 12.2. The van der Waals surface area contributed by atoms with Gasteiger partial charge in [0.1, 0.15) is 0 Å². The molecule has 0 saturated heterocycles. The Morgan fingerprint density at radius 2 is 2.06 bits per heavy atom. The minimum atomic E-state index is 0.0266. The molecule has 4 heteroatoms. The molecule has 0 heterocycles. The molecule has 0 aromatic heterocycles. The molecular weight excluding hydrogens is 232 g/mol. The predicted octanol–water partition coefficient (Wildman–Crippen LogP) is 2.00. The molecular formula is C13H18N2OS. The van der Waals surface area contributed by atoms with Crippen LogP contribution in [0.1, 0.15) is 29.3 Å². The van der Waals surface area contributed by atoms with Gasteiger partial charge in [-0.3, -0.25) is 4.79 Å². The standard InChI is InChI=1S/C13H18N2OS/c1-3-10-6-4-5-7-11(10)13(16)15(2)9-8-12(14)17/h4-7H,3,8-9H2,1-2H3,(H2,14,17). The summed E-state index contributed by atoms with van der Waals surface area (Å²) in [5, 5.41) is 0. The van der Waals surface area contributed by atoms with E-state index in [0.717, 1.165) is 17.5 Å². The highest BCUT2D eigenvalue weighted by molar-refractivity contribution is 7.80. The predicted molar refractivity (Wildman–Crippen MR) is 74.2 cm³/mol. The lowest BCUT2D eigenvalue weighted by Crippen LogP contribution is -2.30. The summed E-state index contributed by atoms with van der Waals surface area (Å²) in [6.07, 6.45) is 1.41. The summed E-state index contributed by atoms with van der Waals surface area (Å²) < 4.78 is 0. The lowest BCUT2D eigenvalue weighted by atomic mass is 10.0. The minimum Gasteiger partial charge on any atom is -0.393 e. The second-order valence-electron chi connectivity index (χ2n) is 3.95. The van der Waals surface area contributed by atoms with Gasteiger partial charge >= 0.3 is 0 Å². The van der Waals surface area contributed by atoms with Crippen molar-refractivity contribution in [2.24, 2.45) is 5.73 Å². The van der Waals surface area contributed by atoms with Gasteiger partial charge in [0.05, 0.1) is 4.99 Å². The third kappa shape index (κ3) is 3.82. The van der Waals surface area contributed by atoms with Crippen LogP contribution in [0.2, 0.25) is 0 Å². The van der Waals surface area contributed by atoms with Crippen molar-refractivity contribution in [2.45, 2.75) is 19.8 Å². The Hall–Kier alpha value is -1.42. The fourth-order valence-electron chi connectivity index (χ4n) is 1.62. The van der Waals surface area contributed by atoms with Gasteiger partial charge in [-0.15, -0.1) is 0 Å². The van der Waals surface area contributed by atoms with Gasteiger partial charge in [0.2, 0.25) is 0 Å². The molecule has 17 heavy (non-hydrogen) atoms. The Morgan fingerprint density at radius 3 is 2.65 bits per heavy atom. The number of rotatable bonds is 5. The molecule has 2 N–H and O–H groups in total. The first-order chi connectivity index (χ1) is 8.06. The number of aryl methyl sites for hydroxylation is 1. The fourth-order valence-corrected chi connectivity index (χ4v) is 1.71. The molecule has 0 aliphatic rings. The minimum absolute atomic E-state index is 0.0266. The van der Waals surface area contributed by atoms with Gasteiger partial charge in [-0.2, -0.15) is 0 Å². The molecule has 0 atom stereocenters. The highest BCUT2D eigenvalue weighted by Crippen LogP contribution is 2.11. The number of carbonyl (C=O) groups is 1. The van der Waals surface area contributed by atoms with E-state index < -0.39 is 0 Å². The van der Waals surface area contributed by atoms with E-state index in [9.17, 15) is 4.79 Å². The summed E-state index contributed by atoms with van der Waals surface area (Å²) >= 11 is 4.81. The van der Waals surface area contributed by atoms with Crippen molar-refractivity contribution in [2.75, 3.05) is 13.6 Å². The van der Waals surface area contributed by atoms with E-state index in [2.05, 4.69) is 0 Å². The second kappa shape index (κ2) is 6.35. The SMILES string of the molecule is CCc1ccccc1C(=O)N(C)CCC(N)=S. The summed E-state index contributed by atoms with van der Waals surface area (Å²) in [6.45, 7) is 2.60. The number of hydrogen-bond donors (Lipinski definition) is 1. The topological polar surface area (TPSA) is 46.3 Å². The first kappa shape index (κ1) is 13.6. The highest BCUT2D eigenvalue weighted by Gasteiger charge is 2.14. The summed E-state index contributed by atoms with van der Waals surface area (Å²) in [4.78, 5) is 14.3. The monoisotopic (exact) mass is 250 g/mol. The van der Waals surface area contributed by atoms with Gasteiger partial charge in [-0.1, -0.05) is 37.3 Å². The van der Waals surface area contributed by atoms with Crippen molar-refractivity contribution in [3.8, 4) is 0 Å². The average molecular weight is 250 g/mol. The molecule has 0 aliphatic heterocycles. The Morgan fingerprint density at radius 1 is 1.41 bits per heavy atom. The lowest BCUT2D eigenvalue weighted by molar-refractivity contribution is 0.0798. The van der Waals surface area contributed by atoms with E-state index in [1.165, 1.54) is 0 Å². The Bertz CT molecular complexity index is 418. The van der Waals surface area contributed by atoms with Crippen LogP contribution < -0.4 is 5.73 Å². The first-order valence-electron chi connectivity index (χ1n) is 5.68. The largest absolute Gasteiger partial charge is 0.393 e. The van der Waals surface area contributed by atoms with Crippen molar-refractivity contribution in [3.63, 3.8) is 0 Å². The van der Waals surface area contributed by atoms with Crippen molar-refractivity contribution in [3.05, 3.63) is 35.4 Å². The van der Waals surface area contributed by atoms with E-state index in [1.807, 2.05) is 31.2 Å². The maximum absolute atomic E-state index is 12.2. The van der Waals surface area contributed by atoms with Gasteiger partial charge in [-0.25, -0.2) is 0 Å². The van der Waals surface area contributed by atoms with E-state index >= 15 is 0 Å². The Kier molecular flexibility index (Phi) is 5.10. The molecule has 1 aromatic carbocycles. The smallest absolute Gasteiger partial charge is 0.253 e. The Balaban J connectivity index is 2.77. The number of nitrogens with two attached hydrogens (primary N) is 1. The van der Waals surface area contributed by atoms with Crippen LogP contribution in [0.4, 0.5) is 0 Å².